The summed E-state index contributed by atoms with van der Waals surface area (Å²) < 4.78 is 39.7. The van der Waals surface area contributed by atoms with Crippen LogP contribution in [0.2, 0.25) is 0 Å². The number of benzene rings is 4. The third-order valence-corrected chi connectivity index (χ3v) is 18.9. The molecule has 0 fully saturated rings. The predicted molar refractivity (Wildman–Crippen MR) is 392 cm³/mol. The molecule has 16 rings (SSSR count). The molecule has 0 atom stereocenters. The van der Waals surface area contributed by atoms with E-state index in [1.807, 2.05) is 78.5 Å². The molecular weight excluding hydrogens is 1180 g/mol. The second-order valence-corrected chi connectivity index (χ2v) is 27.5. The summed E-state index contributed by atoms with van der Waals surface area (Å²) in [7, 11) is 8.22. The van der Waals surface area contributed by atoms with Gasteiger partial charge in [0.05, 0.1) is 66.4 Å². The summed E-state index contributed by atoms with van der Waals surface area (Å²) in [4.78, 5) is 19.3. The van der Waals surface area contributed by atoms with Gasteiger partial charge in [-0.3, -0.25) is 17.6 Å². The number of imidazole rings is 4. The van der Waals surface area contributed by atoms with Crippen molar-refractivity contribution in [3.05, 3.63) is 263 Å². The summed E-state index contributed by atoms with van der Waals surface area (Å²) in [6.45, 7) is 24.4. The molecule has 480 valence electrons. The van der Waals surface area contributed by atoms with E-state index in [4.69, 9.17) is 24.0 Å². The minimum absolute atomic E-state index is 0.266. The molecule has 0 unspecified atom stereocenters. The summed E-state index contributed by atoms with van der Waals surface area (Å²) >= 11 is 0. The quantitative estimate of drug-likeness (QED) is 0.155. The first-order valence-electron chi connectivity index (χ1n) is 34.7. The van der Waals surface area contributed by atoms with Gasteiger partial charge >= 0.3 is 0 Å². The zero-order chi connectivity index (χ0) is 70.1. The van der Waals surface area contributed by atoms with E-state index >= 15 is 0 Å². The van der Waals surface area contributed by atoms with E-state index in [-0.39, 0.29) is 5.41 Å². The topological polar surface area (TPSA) is 84.7 Å². The highest BCUT2D eigenvalue weighted by Gasteiger charge is 2.24. The third-order valence-electron chi connectivity index (χ3n) is 18.9. The first-order valence-corrected chi connectivity index (χ1v) is 33.2. The minimum atomic E-state index is -2.10. The lowest BCUT2D eigenvalue weighted by Gasteiger charge is -2.19. The van der Waals surface area contributed by atoms with Gasteiger partial charge < -0.3 is 0 Å². The van der Waals surface area contributed by atoms with Gasteiger partial charge in [0.25, 0.3) is 0 Å². The first-order chi connectivity index (χ1) is 47.2. The lowest BCUT2D eigenvalue weighted by Crippen LogP contribution is -2.32. The van der Waals surface area contributed by atoms with Crippen LogP contribution >= 0.6 is 0 Å². The third kappa shape index (κ3) is 12.1. The Bertz CT molecular complexity index is 5820. The van der Waals surface area contributed by atoms with Crippen LogP contribution in [0, 0.1) is 60.7 Å². The van der Waals surface area contributed by atoms with Crippen LogP contribution in [0.15, 0.2) is 207 Å². The Balaban J connectivity index is 0.000000119. The summed E-state index contributed by atoms with van der Waals surface area (Å²) in [5, 5.41) is 0. The minimum Gasteiger partial charge on any atom is -0.300 e. The van der Waals surface area contributed by atoms with Crippen molar-refractivity contribution in [2.24, 2.45) is 33.6 Å². The van der Waals surface area contributed by atoms with Crippen molar-refractivity contribution < 1.29 is 22.4 Å². The standard InChI is InChI=1S/C24H28N3.C22H24N3.2C19H18N3/c1-16-15-26(6)21(13-18(16)14-24(3,4)5)19-10-11-20-23(17(19)2)25-22-9-7-8-12-27(20)22;1-14(2)18-12-20(24(5)13-15(18)3)17-9-10-19-22(16(17)4)23-21-8-6-7-11-25(19)21;1-13-7-9-16(21(3)12-13)15-8-10-17-19(14(15)2)20-18-6-4-5-11-22(17)18;1-13-9-11-21(3)17(12-13)15-7-8-16-19(14(15)2)20-18-6-4-5-10-22(16)18/h7-13,15H,14H2,1-6H3;6-14H,1-5H3;2*4-12H,1-3H3/q4*+1/i;;1D3;. The van der Waals surface area contributed by atoms with Gasteiger partial charge in [-0.05, 0) is 215 Å². The molecule has 16 aromatic rings. The molecular formula is C84H88N12+4. The molecule has 0 saturated carbocycles. The SMILES string of the molecule is Cc1c[n+](C)c(-c2ccc3c(nc4ccccn43)c2C)cc1C(C)C.Cc1c[n+](C)c(-c2ccc3c(nc4ccccn43)c2C)cc1CC(C)(C)C.Cc1cc[n+](C)c(-c2ccc3c(nc4ccccn43)c2C)c1.[2H]C([2H])([2H])c1ccc(-c2ccc3c(nc4ccccn43)c2C)[n+](C)c1. The van der Waals surface area contributed by atoms with Gasteiger partial charge in [0.2, 0.25) is 22.8 Å². The molecule has 0 aliphatic carbocycles. The second-order valence-electron chi connectivity index (χ2n) is 27.5. The van der Waals surface area contributed by atoms with Crippen LogP contribution < -0.4 is 18.3 Å². The largest absolute Gasteiger partial charge is 0.300 e. The number of fused-ring (bicyclic) bond motifs is 12. The number of aryl methyl sites for hydroxylation is 12. The number of hydrogen-bond acceptors (Lipinski definition) is 4. The Labute approximate surface area is 567 Å². The number of hydrogen-bond donors (Lipinski definition) is 0. The highest BCUT2D eigenvalue weighted by Crippen LogP contribution is 2.35. The second kappa shape index (κ2) is 25.5. The summed E-state index contributed by atoms with van der Waals surface area (Å²) in [5.74, 6) is 0.513. The monoisotopic (exact) mass is 1270 g/mol. The normalized spacial score (nSPS) is 12.3. The van der Waals surface area contributed by atoms with Crippen LogP contribution in [0.5, 0.6) is 0 Å². The van der Waals surface area contributed by atoms with E-state index in [1.54, 1.807) is 12.3 Å². The first kappa shape index (κ1) is 60.2. The van der Waals surface area contributed by atoms with Gasteiger partial charge in [-0.2, -0.15) is 0 Å². The maximum atomic E-state index is 7.56. The van der Waals surface area contributed by atoms with Crippen molar-refractivity contribution in [3.63, 3.8) is 0 Å². The Hall–Kier alpha value is -10.7. The van der Waals surface area contributed by atoms with Crippen molar-refractivity contribution in [1.29, 1.82) is 0 Å². The number of pyridine rings is 8. The van der Waals surface area contributed by atoms with Crippen molar-refractivity contribution >= 4 is 66.7 Å². The van der Waals surface area contributed by atoms with Gasteiger partial charge in [0.1, 0.15) is 50.8 Å². The van der Waals surface area contributed by atoms with Crippen LogP contribution in [0.1, 0.15) is 100 Å². The van der Waals surface area contributed by atoms with E-state index in [9.17, 15) is 0 Å². The molecule has 12 aromatic heterocycles. The molecule has 96 heavy (non-hydrogen) atoms. The Morgan fingerprint density at radius 3 is 1.16 bits per heavy atom. The molecule has 0 N–H and O–H groups in total. The van der Waals surface area contributed by atoms with Crippen LogP contribution in [0.3, 0.4) is 0 Å². The molecule has 0 radical (unpaired) electrons. The van der Waals surface area contributed by atoms with Gasteiger partial charge in [-0.1, -0.05) is 58.9 Å². The van der Waals surface area contributed by atoms with Gasteiger partial charge in [-0.15, -0.1) is 0 Å². The maximum Gasteiger partial charge on any atom is 0.212 e. The molecule has 0 aliphatic rings. The van der Waals surface area contributed by atoms with Gasteiger partial charge in [-0.25, -0.2) is 38.2 Å². The van der Waals surface area contributed by atoms with E-state index in [0.29, 0.717) is 11.5 Å². The zero-order valence-corrected chi connectivity index (χ0v) is 58.3. The summed E-state index contributed by atoms with van der Waals surface area (Å²) in [6, 6.07) is 54.3. The predicted octanol–water partition coefficient (Wildman–Crippen LogP) is 17.1. The lowest BCUT2D eigenvalue weighted by atomic mass is 9.86. The van der Waals surface area contributed by atoms with E-state index < -0.39 is 6.85 Å². The fraction of sp³-hybridized carbons (Fsp3) is 0.238. The van der Waals surface area contributed by atoms with Crippen molar-refractivity contribution in [3.8, 4) is 45.0 Å². The highest BCUT2D eigenvalue weighted by molar-refractivity contribution is 5.92. The fourth-order valence-electron chi connectivity index (χ4n) is 13.9. The van der Waals surface area contributed by atoms with Crippen molar-refractivity contribution in [2.45, 2.75) is 102 Å². The smallest absolute Gasteiger partial charge is 0.212 e. The molecule has 12 heterocycles. The molecule has 0 amide bonds. The van der Waals surface area contributed by atoms with Crippen molar-refractivity contribution in [1.82, 2.24) is 37.5 Å². The van der Waals surface area contributed by atoms with E-state index in [2.05, 4.69) is 264 Å². The van der Waals surface area contributed by atoms with Gasteiger partial charge in [0.15, 0.2) is 24.8 Å². The highest BCUT2D eigenvalue weighted by atomic mass is 15.0. The molecule has 0 bridgehead atoms. The average Bonchev–Trinajstić information content (AvgIpc) is 1.69. The lowest BCUT2D eigenvalue weighted by molar-refractivity contribution is -0.660. The van der Waals surface area contributed by atoms with Crippen molar-refractivity contribution in [2.75, 3.05) is 0 Å². The number of rotatable bonds is 6. The van der Waals surface area contributed by atoms with Gasteiger partial charge in [0, 0.05) is 75.9 Å². The molecule has 0 spiro atoms. The van der Waals surface area contributed by atoms with Crippen LogP contribution in [0.4, 0.5) is 0 Å². The maximum absolute atomic E-state index is 7.56. The molecule has 12 nitrogen and oxygen atoms in total. The molecule has 4 aromatic carbocycles. The Morgan fingerprint density at radius 2 is 0.771 bits per heavy atom. The Morgan fingerprint density at radius 1 is 0.396 bits per heavy atom. The van der Waals surface area contributed by atoms with Crippen LogP contribution in [0.25, 0.3) is 112 Å². The molecule has 0 aliphatic heterocycles. The Kier molecular flexibility index (Phi) is 16.0. The average molecular weight is 1270 g/mol. The molecule has 12 heteroatoms. The van der Waals surface area contributed by atoms with E-state index in [0.717, 1.165) is 90.0 Å². The van der Waals surface area contributed by atoms with Crippen LogP contribution in [-0.2, 0) is 34.6 Å². The fourth-order valence-corrected chi connectivity index (χ4v) is 13.9. The van der Waals surface area contributed by atoms with Crippen LogP contribution in [-0.4, -0.2) is 37.5 Å². The zero-order valence-electron chi connectivity index (χ0n) is 61.3. The molecule has 0 saturated heterocycles. The van der Waals surface area contributed by atoms with E-state index in [1.165, 1.54) is 78.3 Å². The summed E-state index contributed by atoms with van der Waals surface area (Å²) in [6.07, 6.45) is 17.6. The number of aromatic nitrogens is 12. The number of nitrogens with zero attached hydrogens (tertiary/aromatic N) is 12. The summed E-state index contributed by atoms with van der Waals surface area (Å²) in [5.41, 5.74) is 34.3.